The zero-order valence-corrected chi connectivity index (χ0v) is 15.7. The molecule has 0 aliphatic heterocycles. The highest BCUT2D eigenvalue weighted by molar-refractivity contribution is 14.0. The van der Waals surface area contributed by atoms with Crippen LogP contribution < -0.4 is 15.4 Å². The number of para-hydroxylation sites is 1. The number of hydrogen-bond donors (Lipinski definition) is 2. The summed E-state index contributed by atoms with van der Waals surface area (Å²) < 4.78 is 10.7. The summed E-state index contributed by atoms with van der Waals surface area (Å²) in [6.07, 6.45) is 2.53. The summed E-state index contributed by atoms with van der Waals surface area (Å²) in [5, 5.41) is 10.3. The second-order valence-corrected chi connectivity index (χ2v) is 4.76. The number of rotatable bonds is 7. The maximum Gasteiger partial charge on any atom is 0.191 e. The Hall–Kier alpha value is -1.77. The van der Waals surface area contributed by atoms with Gasteiger partial charge in [0.15, 0.2) is 5.96 Å². The summed E-state index contributed by atoms with van der Waals surface area (Å²) in [4.78, 5) is 4.18. The Balaban J connectivity index is 0.00000264. The zero-order valence-electron chi connectivity index (χ0n) is 13.4. The number of nitrogens with zero attached hydrogens (tertiary/aromatic N) is 2. The van der Waals surface area contributed by atoms with Crippen LogP contribution in [0.15, 0.2) is 52.2 Å². The molecule has 0 aliphatic rings. The van der Waals surface area contributed by atoms with Crippen LogP contribution in [-0.2, 0) is 6.54 Å². The highest BCUT2D eigenvalue weighted by Crippen LogP contribution is 2.11. The molecule has 2 aromatic rings. The molecule has 0 saturated heterocycles. The van der Waals surface area contributed by atoms with Crippen molar-refractivity contribution in [2.24, 2.45) is 4.99 Å². The smallest absolute Gasteiger partial charge is 0.191 e. The van der Waals surface area contributed by atoms with Crippen LogP contribution in [0.25, 0.3) is 0 Å². The molecule has 1 atom stereocenters. The molecule has 6 nitrogen and oxygen atoms in total. The molecule has 1 heterocycles. The van der Waals surface area contributed by atoms with E-state index in [1.807, 2.05) is 36.4 Å². The maximum absolute atomic E-state index is 5.94. The summed E-state index contributed by atoms with van der Waals surface area (Å²) in [5.41, 5.74) is 0.829. The van der Waals surface area contributed by atoms with Crippen LogP contribution in [0.1, 0.15) is 19.0 Å². The number of guanidine groups is 1. The molecular formula is C16H23IN4O2. The fourth-order valence-corrected chi connectivity index (χ4v) is 1.89. The van der Waals surface area contributed by atoms with Crippen molar-refractivity contribution in [1.29, 1.82) is 0 Å². The minimum atomic E-state index is 0. The Bertz CT molecular complexity index is 561. The van der Waals surface area contributed by atoms with Gasteiger partial charge in [0.1, 0.15) is 23.8 Å². The van der Waals surface area contributed by atoms with Crippen LogP contribution in [0.4, 0.5) is 0 Å². The highest BCUT2D eigenvalue weighted by atomic mass is 127. The van der Waals surface area contributed by atoms with Crippen molar-refractivity contribution in [2.45, 2.75) is 26.0 Å². The molecule has 0 aliphatic carbocycles. The second-order valence-electron chi connectivity index (χ2n) is 4.76. The number of aliphatic imine (C=N–C) groups is 1. The monoisotopic (exact) mass is 430 g/mol. The lowest BCUT2D eigenvalue weighted by Gasteiger charge is -2.19. The molecule has 0 saturated carbocycles. The van der Waals surface area contributed by atoms with Gasteiger partial charge in [0.05, 0.1) is 13.1 Å². The van der Waals surface area contributed by atoms with Crippen LogP contribution in [-0.4, -0.2) is 30.8 Å². The Morgan fingerprint density at radius 3 is 2.65 bits per heavy atom. The molecule has 0 fully saturated rings. The fraction of sp³-hybridized carbons (Fsp3) is 0.375. The van der Waals surface area contributed by atoms with E-state index in [9.17, 15) is 0 Å². The van der Waals surface area contributed by atoms with Crippen molar-refractivity contribution in [2.75, 3.05) is 13.6 Å². The minimum Gasteiger partial charge on any atom is -0.489 e. The third-order valence-electron chi connectivity index (χ3n) is 3.15. The molecule has 0 spiro atoms. The number of hydrogen-bond acceptors (Lipinski definition) is 4. The lowest BCUT2D eigenvalue weighted by atomic mass is 10.2. The molecule has 1 unspecified atom stereocenters. The van der Waals surface area contributed by atoms with E-state index >= 15 is 0 Å². The Labute approximate surface area is 153 Å². The van der Waals surface area contributed by atoms with Crippen molar-refractivity contribution in [3.63, 3.8) is 0 Å². The molecule has 0 amide bonds. The second kappa shape index (κ2) is 10.9. The van der Waals surface area contributed by atoms with Crippen LogP contribution in [0.2, 0.25) is 0 Å². The molecule has 23 heavy (non-hydrogen) atoms. The van der Waals surface area contributed by atoms with Crippen LogP contribution in [0.5, 0.6) is 5.75 Å². The molecule has 0 radical (unpaired) electrons. The summed E-state index contributed by atoms with van der Waals surface area (Å²) >= 11 is 0. The largest absolute Gasteiger partial charge is 0.489 e. The first-order chi connectivity index (χ1) is 10.8. The van der Waals surface area contributed by atoms with Gasteiger partial charge in [-0.3, -0.25) is 4.99 Å². The van der Waals surface area contributed by atoms with Crippen molar-refractivity contribution in [1.82, 2.24) is 15.8 Å². The number of ether oxygens (including phenoxy) is 1. The molecule has 7 heteroatoms. The maximum atomic E-state index is 5.94. The molecule has 1 aromatic carbocycles. The minimum absolute atomic E-state index is 0. The molecule has 126 valence electrons. The first-order valence-corrected chi connectivity index (χ1v) is 7.37. The molecule has 2 rings (SSSR count). The van der Waals surface area contributed by atoms with Crippen molar-refractivity contribution < 1.29 is 9.26 Å². The summed E-state index contributed by atoms with van der Waals surface area (Å²) in [6, 6.07) is 11.6. The van der Waals surface area contributed by atoms with E-state index in [4.69, 9.17) is 9.26 Å². The number of nitrogens with one attached hydrogen (secondary N) is 2. The van der Waals surface area contributed by atoms with Gasteiger partial charge in [-0.25, -0.2) is 0 Å². The average Bonchev–Trinajstić information content (AvgIpc) is 3.08. The predicted octanol–water partition coefficient (Wildman–Crippen LogP) is 2.82. The number of halogens is 1. The van der Waals surface area contributed by atoms with Crippen LogP contribution in [0, 0.1) is 0 Å². The van der Waals surface area contributed by atoms with Gasteiger partial charge in [-0.1, -0.05) is 30.3 Å². The van der Waals surface area contributed by atoms with E-state index in [0.29, 0.717) is 19.0 Å². The SMILES string of the molecule is CCC(CNC(=NC)NCc1ccon1)Oc1ccccc1.I. The lowest BCUT2D eigenvalue weighted by Crippen LogP contribution is -2.42. The Morgan fingerprint density at radius 2 is 2.04 bits per heavy atom. The first-order valence-electron chi connectivity index (χ1n) is 7.37. The van der Waals surface area contributed by atoms with Gasteiger partial charge in [0, 0.05) is 13.1 Å². The Kier molecular flexibility index (Phi) is 9.11. The van der Waals surface area contributed by atoms with Gasteiger partial charge in [0.2, 0.25) is 0 Å². The highest BCUT2D eigenvalue weighted by Gasteiger charge is 2.09. The van der Waals surface area contributed by atoms with Crippen LogP contribution >= 0.6 is 24.0 Å². The van der Waals surface area contributed by atoms with E-state index in [2.05, 4.69) is 27.7 Å². The Morgan fingerprint density at radius 1 is 1.26 bits per heavy atom. The van der Waals surface area contributed by atoms with E-state index in [-0.39, 0.29) is 30.1 Å². The predicted molar refractivity (Wildman–Crippen MR) is 101 cm³/mol. The molecule has 2 N–H and O–H groups in total. The van der Waals surface area contributed by atoms with Gasteiger partial charge in [0.25, 0.3) is 0 Å². The number of aromatic nitrogens is 1. The molecule has 0 bridgehead atoms. The van der Waals surface area contributed by atoms with Gasteiger partial charge in [-0.05, 0) is 18.6 Å². The van der Waals surface area contributed by atoms with Gasteiger partial charge >= 0.3 is 0 Å². The number of benzene rings is 1. The van der Waals surface area contributed by atoms with Crippen molar-refractivity contribution in [3.05, 3.63) is 48.4 Å². The quantitative estimate of drug-likeness (QED) is 0.402. The standard InChI is InChI=1S/C16H22N4O2.HI/c1-3-14(22-15-7-5-4-6-8-15)12-19-16(17-2)18-11-13-9-10-21-20-13;/h4-10,14H,3,11-12H2,1-2H3,(H2,17,18,19);1H. The van der Waals surface area contributed by atoms with E-state index < -0.39 is 0 Å². The van der Waals surface area contributed by atoms with Crippen molar-refractivity contribution in [3.8, 4) is 5.75 Å². The normalized spacial score (nSPS) is 12.2. The van der Waals surface area contributed by atoms with Gasteiger partial charge in [-0.15, -0.1) is 24.0 Å². The van der Waals surface area contributed by atoms with Crippen LogP contribution in [0.3, 0.4) is 0 Å². The zero-order chi connectivity index (χ0) is 15.6. The first kappa shape index (κ1) is 19.3. The van der Waals surface area contributed by atoms with E-state index in [0.717, 1.165) is 17.9 Å². The topological polar surface area (TPSA) is 71.7 Å². The molecule has 1 aromatic heterocycles. The van der Waals surface area contributed by atoms with E-state index in [1.54, 1.807) is 13.3 Å². The average molecular weight is 430 g/mol. The summed E-state index contributed by atoms with van der Waals surface area (Å²) in [7, 11) is 1.73. The third-order valence-corrected chi connectivity index (χ3v) is 3.15. The fourth-order valence-electron chi connectivity index (χ4n) is 1.89. The van der Waals surface area contributed by atoms with Gasteiger partial charge < -0.3 is 19.9 Å². The molecular weight excluding hydrogens is 407 g/mol. The summed E-state index contributed by atoms with van der Waals surface area (Å²) in [6.45, 7) is 3.33. The van der Waals surface area contributed by atoms with E-state index in [1.165, 1.54) is 0 Å². The van der Waals surface area contributed by atoms with Crippen molar-refractivity contribution >= 4 is 29.9 Å². The lowest BCUT2D eigenvalue weighted by molar-refractivity contribution is 0.199. The van der Waals surface area contributed by atoms with Gasteiger partial charge in [-0.2, -0.15) is 0 Å². The third kappa shape index (κ3) is 6.89. The summed E-state index contributed by atoms with van der Waals surface area (Å²) in [5.74, 6) is 1.58.